The summed E-state index contributed by atoms with van der Waals surface area (Å²) in [4.78, 5) is 11.3. The van der Waals surface area contributed by atoms with E-state index in [0.717, 1.165) is 13.0 Å². The van der Waals surface area contributed by atoms with Crippen molar-refractivity contribution in [3.8, 4) is 0 Å². The topological polar surface area (TPSA) is 38.3 Å². The number of nitrogens with one attached hydrogen (secondary N) is 1. The van der Waals surface area contributed by atoms with Crippen LogP contribution in [0.3, 0.4) is 0 Å². The lowest BCUT2D eigenvalue weighted by Crippen LogP contribution is -2.31. The van der Waals surface area contributed by atoms with Crippen LogP contribution < -0.4 is 5.32 Å². The average molecular weight is 205 g/mol. The zero-order chi connectivity index (χ0) is 10.7. The first-order valence-corrected chi connectivity index (χ1v) is 5.17. The highest BCUT2D eigenvalue weighted by Crippen LogP contribution is 2.25. The van der Waals surface area contributed by atoms with E-state index in [4.69, 9.17) is 4.74 Å². The highest BCUT2D eigenvalue weighted by atomic mass is 16.5. The number of methoxy groups -OCH3 is 1. The molecule has 0 amide bonds. The molecule has 0 spiro atoms. The molecule has 0 unspecified atom stereocenters. The first-order chi connectivity index (χ1) is 7.31. The molecule has 80 valence electrons. The Morgan fingerprint density at radius 3 is 2.80 bits per heavy atom. The van der Waals surface area contributed by atoms with E-state index in [2.05, 4.69) is 17.4 Å². The van der Waals surface area contributed by atoms with E-state index < -0.39 is 0 Å². The fraction of sp³-hybridized carbons (Fsp3) is 0.417. The van der Waals surface area contributed by atoms with Crippen LogP contribution in [0.4, 0.5) is 0 Å². The van der Waals surface area contributed by atoms with Crippen LogP contribution in [-0.2, 0) is 9.53 Å². The summed E-state index contributed by atoms with van der Waals surface area (Å²) < 4.78 is 4.72. The van der Waals surface area contributed by atoms with E-state index in [9.17, 15) is 4.79 Å². The van der Waals surface area contributed by atoms with Gasteiger partial charge in [0.05, 0.1) is 7.11 Å². The van der Waals surface area contributed by atoms with E-state index in [1.165, 1.54) is 12.7 Å². The van der Waals surface area contributed by atoms with Crippen LogP contribution in [0.15, 0.2) is 30.3 Å². The monoisotopic (exact) mass is 205 g/mol. The molecule has 1 heterocycles. The van der Waals surface area contributed by atoms with Gasteiger partial charge in [0.1, 0.15) is 6.04 Å². The molecule has 2 atom stereocenters. The molecule has 1 aromatic carbocycles. The molecule has 0 aliphatic carbocycles. The molecule has 1 aromatic rings. The summed E-state index contributed by atoms with van der Waals surface area (Å²) in [7, 11) is 1.43. The van der Waals surface area contributed by atoms with E-state index >= 15 is 0 Å². The summed E-state index contributed by atoms with van der Waals surface area (Å²) in [5, 5.41) is 3.18. The maximum Gasteiger partial charge on any atom is 0.322 e. The van der Waals surface area contributed by atoms with Crippen molar-refractivity contribution in [2.45, 2.75) is 18.4 Å². The van der Waals surface area contributed by atoms with E-state index in [-0.39, 0.29) is 12.0 Å². The fourth-order valence-electron chi connectivity index (χ4n) is 2.04. The predicted molar refractivity (Wildman–Crippen MR) is 57.6 cm³/mol. The van der Waals surface area contributed by atoms with Gasteiger partial charge in [0, 0.05) is 6.54 Å². The van der Waals surface area contributed by atoms with Gasteiger partial charge in [-0.3, -0.25) is 4.79 Å². The molecule has 0 saturated carbocycles. The Morgan fingerprint density at radius 2 is 2.13 bits per heavy atom. The SMILES string of the molecule is COC(=O)[C@H]1C[C@@H](c2ccccc2)CN1. The third-order valence-corrected chi connectivity index (χ3v) is 2.89. The molecule has 3 nitrogen and oxygen atoms in total. The molecule has 0 radical (unpaired) electrons. The molecule has 2 rings (SSSR count). The Morgan fingerprint density at radius 1 is 1.40 bits per heavy atom. The molecule has 1 fully saturated rings. The third kappa shape index (κ3) is 2.18. The molecule has 0 bridgehead atoms. The smallest absolute Gasteiger partial charge is 0.322 e. The maximum absolute atomic E-state index is 11.3. The summed E-state index contributed by atoms with van der Waals surface area (Å²) in [6.45, 7) is 0.851. The Kier molecular flexibility index (Phi) is 3.02. The predicted octanol–water partition coefficient (Wildman–Crippen LogP) is 1.31. The number of carbonyl (C=O) groups excluding carboxylic acids is 1. The molecule has 15 heavy (non-hydrogen) atoms. The molecule has 1 N–H and O–H groups in total. The van der Waals surface area contributed by atoms with Gasteiger partial charge >= 0.3 is 5.97 Å². The third-order valence-electron chi connectivity index (χ3n) is 2.89. The lowest BCUT2D eigenvalue weighted by atomic mass is 9.96. The minimum atomic E-state index is -0.159. The van der Waals surface area contributed by atoms with Crippen LogP contribution >= 0.6 is 0 Å². The van der Waals surface area contributed by atoms with Crippen molar-refractivity contribution >= 4 is 5.97 Å². The van der Waals surface area contributed by atoms with Crippen LogP contribution in [-0.4, -0.2) is 25.7 Å². The summed E-state index contributed by atoms with van der Waals surface area (Å²) in [5.74, 6) is 0.267. The normalized spacial score (nSPS) is 25.1. The van der Waals surface area contributed by atoms with Gasteiger partial charge in [0.2, 0.25) is 0 Å². The van der Waals surface area contributed by atoms with Crippen molar-refractivity contribution in [1.29, 1.82) is 0 Å². The number of hydrogen-bond donors (Lipinski definition) is 1. The van der Waals surface area contributed by atoms with Crippen molar-refractivity contribution < 1.29 is 9.53 Å². The highest BCUT2D eigenvalue weighted by molar-refractivity contribution is 5.76. The van der Waals surface area contributed by atoms with Crippen molar-refractivity contribution in [3.05, 3.63) is 35.9 Å². The second kappa shape index (κ2) is 4.45. The van der Waals surface area contributed by atoms with E-state index in [1.54, 1.807) is 0 Å². The molecule has 0 aromatic heterocycles. The number of carbonyl (C=O) groups is 1. The number of rotatable bonds is 2. The van der Waals surface area contributed by atoms with E-state index in [1.807, 2.05) is 18.2 Å². The molecule has 1 saturated heterocycles. The minimum Gasteiger partial charge on any atom is -0.468 e. The van der Waals surface area contributed by atoms with Crippen LogP contribution in [0, 0.1) is 0 Å². The maximum atomic E-state index is 11.3. The van der Waals surface area contributed by atoms with Gasteiger partial charge in [-0.2, -0.15) is 0 Å². The minimum absolute atomic E-state index is 0.139. The lowest BCUT2D eigenvalue weighted by molar-refractivity contribution is -0.142. The van der Waals surface area contributed by atoms with Gasteiger partial charge in [-0.15, -0.1) is 0 Å². The van der Waals surface area contributed by atoms with Crippen LogP contribution in [0.2, 0.25) is 0 Å². The number of hydrogen-bond acceptors (Lipinski definition) is 3. The summed E-state index contributed by atoms with van der Waals surface area (Å²) >= 11 is 0. The number of benzene rings is 1. The van der Waals surface area contributed by atoms with Crippen molar-refractivity contribution in [2.24, 2.45) is 0 Å². The first-order valence-electron chi connectivity index (χ1n) is 5.17. The summed E-state index contributed by atoms with van der Waals surface area (Å²) in [5.41, 5.74) is 1.29. The second-order valence-corrected chi connectivity index (χ2v) is 3.83. The molecular formula is C12H15NO2. The summed E-state index contributed by atoms with van der Waals surface area (Å²) in [6.07, 6.45) is 0.830. The van der Waals surface area contributed by atoms with E-state index in [0.29, 0.717) is 5.92 Å². The van der Waals surface area contributed by atoms with Gasteiger partial charge in [-0.05, 0) is 17.9 Å². The van der Waals surface area contributed by atoms with Gasteiger partial charge in [-0.25, -0.2) is 0 Å². The second-order valence-electron chi connectivity index (χ2n) is 3.83. The average Bonchev–Trinajstić information content (AvgIpc) is 2.78. The molecular weight excluding hydrogens is 190 g/mol. The molecule has 1 aliphatic rings. The number of esters is 1. The highest BCUT2D eigenvalue weighted by Gasteiger charge is 2.30. The molecule has 3 heteroatoms. The molecule has 1 aliphatic heterocycles. The Bertz CT molecular complexity index is 337. The number of ether oxygens (including phenoxy) is 1. The van der Waals surface area contributed by atoms with Gasteiger partial charge in [0.25, 0.3) is 0 Å². The quantitative estimate of drug-likeness (QED) is 0.740. The van der Waals surface area contributed by atoms with Gasteiger partial charge < -0.3 is 10.1 Å². The first kappa shape index (κ1) is 10.2. The Hall–Kier alpha value is -1.35. The summed E-state index contributed by atoms with van der Waals surface area (Å²) in [6, 6.07) is 10.1. The largest absolute Gasteiger partial charge is 0.468 e. The Labute approximate surface area is 89.4 Å². The van der Waals surface area contributed by atoms with Crippen LogP contribution in [0.5, 0.6) is 0 Å². The zero-order valence-corrected chi connectivity index (χ0v) is 8.77. The van der Waals surface area contributed by atoms with Crippen LogP contribution in [0.1, 0.15) is 17.9 Å². The Balaban J connectivity index is 2.02. The van der Waals surface area contributed by atoms with Crippen LogP contribution in [0.25, 0.3) is 0 Å². The zero-order valence-electron chi connectivity index (χ0n) is 8.77. The van der Waals surface area contributed by atoms with Crippen molar-refractivity contribution in [2.75, 3.05) is 13.7 Å². The van der Waals surface area contributed by atoms with Crippen molar-refractivity contribution in [1.82, 2.24) is 5.32 Å². The lowest BCUT2D eigenvalue weighted by Gasteiger charge is -2.08. The van der Waals surface area contributed by atoms with Gasteiger partial charge in [0.15, 0.2) is 0 Å². The van der Waals surface area contributed by atoms with Gasteiger partial charge in [-0.1, -0.05) is 30.3 Å². The fourth-order valence-corrected chi connectivity index (χ4v) is 2.04. The van der Waals surface area contributed by atoms with Crippen molar-refractivity contribution in [3.63, 3.8) is 0 Å². The standard InChI is InChI=1S/C12H15NO2/c1-15-12(14)11-7-10(8-13-11)9-5-3-2-4-6-9/h2-6,10-11,13H,7-8H2,1H3/t10-,11-/m1/s1.